The molecular formula is C14H18N2S. The van der Waals surface area contributed by atoms with Gasteiger partial charge in [0, 0.05) is 17.8 Å². The lowest BCUT2D eigenvalue weighted by Gasteiger charge is -2.12. The van der Waals surface area contributed by atoms with Crippen molar-refractivity contribution in [3.63, 3.8) is 0 Å². The molecule has 2 aromatic rings. The first-order valence-electron chi connectivity index (χ1n) is 5.80. The van der Waals surface area contributed by atoms with E-state index in [1.54, 1.807) is 11.3 Å². The number of hydrogen-bond donors (Lipinski definition) is 1. The van der Waals surface area contributed by atoms with Crippen molar-refractivity contribution in [2.45, 2.75) is 33.2 Å². The zero-order valence-electron chi connectivity index (χ0n) is 10.5. The number of aromatic nitrogens is 1. The summed E-state index contributed by atoms with van der Waals surface area (Å²) in [7, 11) is 0. The molecule has 1 atom stereocenters. The standard InChI is InChI=1S/C14H18N2S/c1-9-4-5-12(6-10(9)2)14(15)7-13-8-17-11(3)16-13/h4-6,8,14H,7,15H2,1-3H3. The van der Waals surface area contributed by atoms with Gasteiger partial charge in [-0.15, -0.1) is 11.3 Å². The number of aryl methyl sites for hydroxylation is 3. The van der Waals surface area contributed by atoms with Gasteiger partial charge in [0.1, 0.15) is 0 Å². The van der Waals surface area contributed by atoms with Crippen LogP contribution in [-0.4, -0.2) is 4.98 Å². The van der Waals surface area contributed by atoms with E-state index in [4.69, 9.17) is 5.73 Å². The van der Waals surface area contributed by atoms with Gasteiger partial charge in [-0.2, -0.15) is 0 Å². The van der Waals surface area contributed by atoms with Crippen LogP contribution in [-0.2, 0) is 6.42 Å². The lowest BCUT2D eigenvalue weighted by molar-refractivity contribution is 0.708. The number of nitrogens with two attached hydrogens (primary N) is 1. The summed E-state index contributed by atoms with van der Waals surface area (Å²) < 4.78 is 0. The average Bonchev–Trinajstić information content (AvgIpc) is 2.68. The predicted octanol–water partition coefficient (Wildman–Crippen LogP) is 3.31. The third-order valence-corrected chi connectivity index (χ3v) is 3.88. The smallest absolute Gasteiger partial charge is 0.0897 e. The van der Waals surface area contributed by atoms with E-state index in [1.165, 1.54) is 16.7 Å². The highest BCUT2D eigenvalue weighted by atomic mass is 32.1. The van der Waals surface area contributed by atoms with Crippen LogP contribution >= 0.6 is 11.3 Å². The lowest BCUT2D eigenvalue weighted by atomic mass is 9.99. The van der Waals surface area contributed by atoms with E-state index in [0.29, 0.717) is 0 Å². The van der Waals surface area contributed by atoms with Crippen molar-refractivity contribution in [3.8, 4) is 0 Å². The number of hydrogen-bond acceptors (Lipinski definition) is 3. The summed E-state index contributed by atoms with van der Waals surface area (Å²) in [6.45, 7) is 6.27. The Kier molecular flexibility index (Phi) is 3.60. The first kappa shape index (κ1) is 12.3. The topological polar surface area (TPSA) is 38.9 Å². The van der Waals surface area contributed by atoms with Gasteiger partial charge < -0.3 is 5.73 Å². The average molecular weight is 246 g/mol. The lowest BCUT2D eigenvalue weighted by Crippen LogP contribution is -2.13. The van der Waals surface area contributed by atoms with E-state index < -0.39 is 0 Å². The Labute approximate surface area is 107 Å². The van der Waals surface area contributed by atoms with Crippen molar-refractivity contribution >= 4 is 11.3 Å². The molecule has 2 nitrogen and oxygen atoms in total. The van der Waals surface area contributed by atoms with Crippen molar-refractivity contribution in [1.29, 1.82) is 0 Å². The molecule has 1 aromatic heterocycles. The minimum absolute atomic E-state index is 0.0378. The van der Waals surface area contributed by atoms with Gasteiger partial charge in [0.15, 0.2) is 0 Å². The molecule has 2 N–H and O–H groups in total. The molecule has 0 bridgehead atoms. The Hall–Kier alpha value is -1.19. The third-order valence-electron chi connectivity index (χ3n) is 3.05. The van der Waals surface area contributed by atoms with Crippen LogP contribution in [0.2, 0.25) is 0 Å². The molecule has 0 aliphatic carbocycles. The highest BCUT2D eigenvalue weighted by Gasteiger charge is 2.09. The maximum Gasteiger partial charge on any atom is 0.0897 e. The van der Waals surface area contributed by atoms with Crippen LogP contribution in [0.4, 0.5) is 0 Å². The summed E-state index contributed by atoms with van der Waals surface area (Å²) in [5, 5.41) is 3.20. The first-order chi connectivity index (χ1) is 8.06. The second kappa shape index (κ2) is 4.98. The molecule has 0 saturated heterocycles. The van der Waals surface area contributed by atoms with Crippen LogP contribution in [0.3, 0.4) is 0 Å². The van der Waals surface area contributed by atoms with Gasteiger partial charge >= 0.3 is 0 Å². The van der Waals surface area contributed by atoms with Crippen LogP contribution in [0, 0.1) is 20.8 Å². The number of rotatable bonds is 3. The Morgan fingerprint density at radius 2 is 2.00 bits per heavy atom. The fraction of sp³-hybridized carbons (Fsp3) is 0.357. The Bertz CT molecular complexity index is 517. The predicted molar refractivity (Wildman–Crippen MR) is 73.4 cm³/mol. The summed E-state index contributed by atoms with van der Waals surface area (Å²) in [5.74, 6) is 0. The molecule has 0 fully saturated rings. The SMILES string of the molecule is Cc1nc(CC(N)c2ccc(C)c(C)c2)cs1. The zero-order valence-corrected chi connectivity index (χ0v) is 11.3. The highest BCUT2D eigenvalue weighted by Crippen LogP contribution is 2.20. The van der Waals surface area contributed by atoms with Crippen LogP contribution < -0.4 is 5.73 Å². The second-order valence-electron chi connectivity index (χ2n) is 4.51. The molecule has 0 aliphatic heterocycles. The zero-order chi connectivity index (χ0) is 12.4. The van der Waals surface area contributed by atoms with Crippen LogP contribution in [0.15, 0.2) is 23.6 Å². The van der Waals surface area contributed by atoms with Gasteiger partial charge in [-0.05, 0) is 37.5 Å². The van der Waals surface area contributed by atoms with E-state index in [-0.39, 0.29) is 6.04 Å². The fourth-order valence-corrected chi connectivity index (χ4v) is 2.47. The fourth-order valence-electron chi connectivity index (χ4n) is 1.84. The molecule has 1 heterocycles. The van der Waals surface area contributed by atoms with Crippen molar-refractivity contribution < 1.29 is 0 Å². The molecule has 1 unspecified atom stereocenters. The molecule has 90 valence electrons. The summed E-state index contributed by atoms with van der Waals surface area (Å²) in [6, 6.07) is 6.47. The quantitative estimate of drug-likeness (QED) is 0.902. The minimum Gasteiger partial charge on any atom is -0.324 e. The minimum atomic E-state index is 0.0378. The van der Waals surface area contributed by atoms with E-state index >= 15 is 0 Å². The van der Waals surface area contributed by atoms with Crippen LogP contribution in [0.25, 0.3) is 0 Å². The van der Waals surface area contributed by atoms with E-state index in [0.717, 1.165) is 17.1 Å². The summed E-state index contributed by atoms with van der Waals surface area (Å²) in [4.78, 5) is 4.45. The van der Waals surface area contributed by atoms with Crippen molar-refractivity contribution in [1.82, 2.24) is 4.98 Å². The van der Waals surface area contributed by atoms with E-state index in [2.05, 4.69) is 42.4 Å². The molecule has 0 saturated carbocycles. The third kappa shape index (κ3) is 2.93. The van der Waals surface area contributed by atoms with Gasteiger partial charge in [-0.1, -0.05) is 18.2 Å². The Morgan fingerprint density at radius 1 is 1.24 bits per heavy atom. The molecule has 3 heteroatoms. The molecule has 0 spiro atoms. The number of thiazole rings is 1. The number of nitrogens with zero attached hydrogens (tertiary/aromatic N) is 1. The van der Waals surface area contributed by atoms with Gasteiger partial charge in [-0.25, -0.2) is 4.98 Å². The largest absolute Gasteiger partial charge is 0.324 e. The molecule has 0 amide bonds. The van der Waals surface area contributed by atoms with Gasteiger partial charge in [0.2, 0.25) is 0 Å². The van der Waals surface area contributed by atoms with Gasteiger partial charge in [0.05, 0.1) is 10.7 Å². The molecular weight excluding hydrogens is 228 g/mol. The van der Waals surface area contributed by atoms with E-state index in [9.17, 15) is 0 Å². The molecule has 1 aromatic carbocycles. The Morgan fingerprint density at radius 3 is 2.59 bits per heavy atom. The first-order valence-corrected chi connectivity index (χ1v) is 6.68. The summed E-state index contributed by atoms with van der Waals surface area (Å²) in [6.07, 6.45) is 0.812. The van der Waals surface area contributed by atoms with Crippen molar-refractivity contribution in [2.75, 3.05) is 0 Å². The number of benzene rings is 1. The van der Waals surface area contributed by atoms with Gasteiger partial charge in [-0.3, -0.25) is 0 Å². The molecule has 17 heavy (non-hydrogen) atoms. The van der Waals surface area contributed by atoms with Gasteiger partial charge in [0.25, 0.3) is 0 Å². The second-order valence-corrected chi connectivity index (χ2v) is 5.57. The maximum atomic E-state index is 6.22. The monoisotopic (exact) mass is 246 g/mol. The molecule has 0 aliphatic rings. The normalized spacial score (nSPS) is 12.7. The van der Waals surface area contributed by atoms with E-state index in [1.807, 2.05) is 6.92 Å². The van der Waals surface area contributed by atoms with Crippen molar-refractivity contribution in [3.05, 3.63) is 51.0 Å². The Balaban J connectivity index is 2.14. The molecule has 0 radical (unpaired) electrons. The summed E-state index contributed by atoms with van der Waals surface area (Å²) in [5.41, 5.74) is 11.1. The molecule has 2 rings (SSSR count). The van der Waals surface area contributed by atoms with Crippen LogP contribution in [0.1, 0.15) is 33.4 Å². The highest BCUT2D eigenvalue weighted by molar-refractivity contribution is 7.09. The van der Waals surface area contributed by atoms with Crippen LogP contribution in [0.5, 0.6) is 0 Å². The maximum absolute atomic E-state index is 6.22. The van der Waals surface area contributed by atoms with Crippen molar-refractivity contribution in [2.24, 2.45) is 5.73 Å². The summed E-state index contributed by atoms with van der Waals surface area (Å²) >= 11 is 1.68.